The molecular formula is C12H15NO3. The Bertz CT molecular complexity index is 337. The van der Waals surface area contributed by atoms with Crippen molar-refractivity contribution in [1.29, 1.82) is 0 Å². The van der Waals surface area contributed by atoms with Crippen LogP contribution in [0, 0.1) is 0 Å². The number of rotatable bonds is 6. The summed E-state index contributed by atoms with van der Waals surface area (Å²) < 4.78 is 5.26. The molecule has 0 aliphatic heterocycles. The molecule has 0 spiro atoms. The highest BCUT2D eigenvalue weighted by Gasteiger charge is 2.13. The van der Waals surface area contributed by atoms with Crippen molar-refractivity contribution in [2.75, 3.05) is 13.2 Å². The Morgan fingerprint density at radius 1 is 1.50 bits per heavy atom. The monoisotopic (exact) mass is 221 g/mol. The molecule has 4 heteroatoms. The van der Waals surface area contributed by atoms with E-state index < -0.39 is 6.09 Å². The van der Waals surface area contributed by atoms with Crippen LogP contribution in [0.2, 0.25) is 0 Å². The first-order valence-corrected chi connectivity index (χ1v) is 4.97. The SMILES string of the molecule is C=CCOC[C@@H](NC(=O)O)c1ccccc1. The fourth-order valence-electron chi connectivity index (χ4n) is 1.32. The molecule has 0 aliphatic rings. The molecule has 1 rings (SSSR count). The molecule has 0 fully saturated rings. The van der Waals surface area contributed by atoms with Crippen LogP contribution in [0.3, 0.4) is 0 Å². The molecular weight excluding hydrogens is 206 g/mol. The third-order valence-corrected chi connectivity index (χ3v) is 2.02. The van der Waals surface area contributed by atoms with E-state index in [4.69, 9.17) is 9.84 Å². The predicted molar refractivity (Wildman–Crippen MR) is 61.4 cm³/mol. The van der Waals surface area contributed by atoms with E-state index in [1.54, 1.807) is 6.08 Å². The summed E-state index contributed by atoms with van der Waals surface area (Å²) in [6, 6.07) is 8.97. The van der Waals surface area contributed by atoms with Gasteiger partial charge in [0.05, 0.1) is 19.3 Å². The van der Waals surface area contributed by atoms with Crippen molar-refractivity contribution < 1.29 is 14.6 Å². The first kappa shape index (κ1) is 12.3. The molecule has 2 N–H and O–H groups in total. The minimum atomic E-state index is -1.06. The van der Waals surface area contributed by atoms with Crippen LogP contribution in [-0.4, -0.2) is 24.4 Å². The summed E-state index contributed by atoms with van der Waals surface area (Å²) in [5.74, 6) is 0. The maximum absolute atomic E-state index is 10.6. The zero-order valence-corrected chi connectivity index (χ0v) is 8.93. The van der Waals surface area contributed by atoms with Gasteiger partial charge in [-0.15, -0.1) is 6.58 Å². The molecule has 0 radical (unpaired) electrons. The van der Waals surface area contributed by atoms with Gasteiger partial charge in [-0.25, -0.2) is 4.79 Å². The van der Waals surface area contributed by atoms with E-state index in [9.17, 15) is 4.79 Å². The number of nitrogens with one attached hydrogen (secondary N) is 1. The lowest BCUT2D eigenvalue weighted by Gasteiger charge is -2.16. The second-order valence-electron chi connectivity index (χ2n) is 3.24. The summed E-state index contributed by atoms with van der Waals surface area (Å²) in [5, 5.41) is 11.1. The topological polar surface area (TPSA) is 58.6 Å². The normalized spacial score (nSPS) is 11.8. The molecule has 4 nitrogen and oxygen atoms in total. The molecule has 0 aromatic heterocycles. The summed E-state index contributed by atoms with van der Waals surface area (Å²) in [7, 11) is 0. The summed E-state index contributed by atoms with van der Waals surface area (Å²) in [6.45, 7) is 4.23. The number of carboxylic acid groups (broad SMARTS) is 1. The molecule has 86 valence electrons. The maximum atomic E-state index is 10.6. The first-order chi connectivity index (χ1) is 7.74. The van der Waals surface area contributed by atoms with Crippen molar-refractivity contribution in [3.05, 3.63) is 48.6 Å². The molecule has 0 heterocycles. The third kappa shape index (κ3) is 4.14. The average molecular weight is 221 g/mol. The second kappa shape index (κ2) is 6.63. The van der Waals surface area contributed by atoms with Crippen molar-refractivity contribution in [3.8, 4) is 0 Å². The van der Waals surface area contributed by atoms with Gasteiger partial charge in [0.1, 0.15) is 0 Å². The summed E-state index contributed by atoms with van der Waals surface area (Å²) >= 11 is 0. The largest absolute Gasteiger partial charge is 0.465 e. The highest BCUT2D eigenvalue weighted by atomic mass is 16.5. The Kier molecular flexibility index (Phi) is 5.08. The van der Waals surface area contributed by atoms with Gasteiger partial charge in [0.25, 0.3) is 0 Å². The average Bonchev–Trinajstić information content (AvgIpc) is 2.29. The Hall–Kier alpha value is -1.81. The number of amides is 1. The van der Waals surface area contributed by atoms with Gasteiger partial charge >= 0.3 is 6.09 Å². The van der Waals surface area contributed by atoms with Gasteiger partial charge in [-0.1, -0.05) is 36.4 Å². The summed E-state index contributed by atoms with van der Waals surface area (Å²) in [6.07, 6.45) is 0.569. The third-order valence-electron chi connectivity index (χ3n) is 2.02. The number of hydrogen-bond donors (Lipinski definition) is 2. The van der Waals surface area contributed by atoms with E-state index >= 15 is 0 Å². The lowest BCUT2D eigenvalue weighted by Crippen LogP contribution is -2.30. The van der Waals surface area contributed by atoms with Crippen LogP contribution in [-0.2, 0) is 4.74 Å². The van der Waals surface area contributed by atoms with E-state index in [1.165, 1.54) is 0 Å². The quantitative estimate of drug-likeness (QED) is 0.572. The van der Waals surface area contributed by atoms with Gasteiger partial charge in [0, 0.05) is 0 Å². The molecule has 1 atom stereocenters. The van der Waals surface area contributed by atoms with Crippen LogP contribution in [0.4, 0.5) is 4.79 Å². The van der Waals surface area contributed by atoms with E-state index in [0.29, 0.717) is 13.2 Å². The molecule has 1 aromatic rings. The fourth-order valence-corrected chi connectivity index (χ4v) is 1.32. The first-order valence-electron chi connectivity index (χ1n) is 4.97. The standard InChI is InChI=1S/C12H15NO3/c1-2-8-16-9-11(13-12(14)15)10-6-4-3-5-7-10/h2-7,11,13H,1,8-9H2,(H,14,15)/t11-/m1/s1. The van der Waals surface area contributed by atoms with Crippen molar-refractivity contribution in [1.82, 2.24) is 5.32 Å². The lowest BCUT2D eigenvalue weighted by atomic mass is 10.1. The van der Waals surface area contributed by atoms with E-state index in [2.05, 4.69) is 11.9 Å². The van der Waals surface area contributed by atoms with Crippen LogP contribution in [0.5, 0.6) is 0 Å². The van der Waals surface area contributed by atoms with Crippen molar-refractivity contribution in [2.24, 2.45) is 0 Å². The number of hydrogen-bond acceptors (Lipinski definition) is 2. The van der Waals surface area contributed by atoms with Gasteiger partial charge in [-0.3, -0.25) is 0 Å². The van der Waals surface area contributed by atoms with Gasteiger partial charge < -0.3 is 15.2 Å². The zero-order valence-electron chi connectivity index (χ0n) is 8.93. The maximum Gasteiger partial charge on any atom is 0.405 e. The Labute approximate surface area is 94.6 Å². The van der Waals surface area contributed by atoms with Crippen LogP contribution < -0.4 is 5.32 Å². The lowest BCUT2D eigenvalue weighted by molar-refractivity contribution is 0.129. The van der Waals surface area contributed by atoms with Crippen molar-refractivity contribution in [3.63, 3.8) is 0 Å². The smallest absolute Gasteiger partial charge is 0.405 e. The minimum absolute atomic E-state index is 0.294. The number of ether oxygens (including phenoxy) is 1. The van der Waals surface area contributed by atoms with E-state index in [-0.39, 0.29) is 6.04 Å². The molecule has 16 heavy (non-hydrogen) atoms. The number of carbonyl (C=O) groups is 1. The van der Waals surface area contributed by atoms with Gasteiger partial charge in [-0.05, 0) is 5.56 Å². The minimum Gasteiger partial charge on any atom is -0.465 e. The molecule has 1 aromatic carbocycles. The predicted octanol–water partition coefficient (Wildman–Crippen LogP) is 2.20. The molecule has 0 bridgehead atoms. The summed E-state index contributed by atoms with van der Waals surface area (Å²) in [4.78, 5) is 10.6. The van der Waals surface area contributed by atoms with Gasteiger partial charge in [0.15, 0.2) is 0 Å². The highest BCUT2D eigenvalue weighted by Crippen LogP contribution is 2.12. The Morgan fingerprint density at radius 3 is 2.75 bits per heavy atom. The molecule has 1 amide bonds. The highest BCUT2D eigenvalue weighted by molar-refractivity contribution is 5.65. The molecule has 0 saturated carbocycles. The van der Waals surface area contributed by atoms with Crippen LogP contribution in [0.15, 0.2) is 43.0 Å². The Morgan fingerprint density at radius 2 is 2.19 bits per heavy atom. The molecule has 0 unspecified atom stereocenters. The van der Waals surface area contributed by atoms with Crippen LogP contribution >= 0.6 is 0 Å². The second-order valence-corrected chi connectivity index (χ2v) is 3.24. The van der Waals surface area contributed by atoms with Crippen LogP contribution in [0.25, 0.3) is 0 Å². The van der Waals surface area contributed by atoms with Crippen LogP contribution in [0.1, 0.15) is 11.6 Å². The van der Waals surface area contributed by atoms with E-state index in [1.807, 2.05) is 30.3 Å². The number of benzene rings is 1. The fraction of sp³-hybridized carbons (Fsp3) is 0.250. The Balaban J connectivity index is 2.63. The van der Waals surface area contributed by atoms with Gasteiger partial charge in [-0.2, -0.15) is 0 Å². The zero-order chi connectivity index (χ0) is 11.8. The van der Waals surface area contributed by atoms with E-state index in [0.717, 1.165) is 5.56 Å². The molecule has 0 saturated heterocycles. The van der Waals surface area contributed by atoms with Crippen molar-refractivity contribution in [2.45, 2.75) is 6.04 Å². The van der Waals surface area contributed by atoms with Gasteiger partial charge in [0.2, 0.25) is 0 Å². The summed E-state index contributed by atoms with van der Waals surface area (Å²) in [5.41, 5.74) is 0.883. The van der Waals surface area contributed by atoms with Crippen molar-refractivity contribution >= 4 is 6.09 Å². The molecule has 0 aliphatic carbocycles.